The predicted molar refractivity (Wildman–Crippen MR) is 88.3 cm³/mol. The quantitative estimate of drug-likeness (QED) is 0.872. The smallest absolute Gasteiger partial charge is 0.224 e. The Labute approximate surface area is 137 Å². The summed E-state index contributed by atoms with van der Waals surface area (Å²) in [5.41, 5.74) is 0.674. The number of nitrogens with one attached hydrogen (secondary N) is 1. The summed E-state index contributed by atoms with van der Waals surface area (Å²) in [5, 5.41) is 2.97. The molecule has 0 heterocycles. The number of methoxy groups -OCH3 is 3. The number of ether oxygens (including phenoxy) is 3. The number of carbonyl (C=O) groups excluding carboxylic acids is 1. The van der Waals surface area contributed by atoms with Gasteiger partial charge in [-0.05, 0) is 37.0 Å². The fourth-order valence-corrected chi connectivity index (χ4v) is 4.23. The highest BCUT2D eigenvalue weighted by Crippen LogP contribution is 2.49. The molecule has 23 heavy (non-hydrogen) atoms. The van der Waals surface area contributed by atoms with Gasteiger partial charge in [-0.15, -0.1) is 0 Å². The SMILES string of the molecule is COc1cc(NC(=O)C[C@H]2C[C@H]3CC[C@H]2C3)cc(OC)c1OC. The monoisotopic (exact) mass is 319 g/mol. The lowest BCUT2D eigenvalue weighted by atomic mass is 9.86. The number of hydrogen-bond donors (Lipinski definition) is 1. The zero-order valence-corrected chi connectivity index (χ0v) is 14.1. The van der Waals surface area contributed by atoms with E-state index in [1.807, 2.05) is 0 Å². The summed E-state index contributed by atoms with van der Waals surface area (Å²) in [6.07, 6.45) is 5.80. The van der Waals surface area contributed by atoms with Crippen molar-refractivity contribution in [2.75, 3.05) is 26.6 Å². The van der Waals surface area contributed by atoms with Crippen molar-refractivity contribution in [2.45, 2.75) is 32.1 Å². The molecule has 5 nitrogen and oxygen atoms in total. The van der Waals surface area contributed by atoms with E-state index in [1.54, 1.807) is 33.5 Å². The lowest BCUT2D eigenvalue weighted by Crippen LogP contribution is -2.20. The van der Waals surface area contributed by atoms with Crippen molar-refractivity contribution < 1.29 is 19.0 Å². The molecule has 1 N–H and O–H groups in total. The zero-order chi connectivity index (χ0) is 16.4. The molecule has 1 aromatic carbocycles. The van der Waals surface area contributed by atoms with Gasteiger partial charge in [0.15, 0.2) is 11.5 Å². The molecule has 0 aliphatic heterocycles. The lowest BCUT2D eigenvalue weighted by molar-refractivity contribution is -0.117. The van der Waals surface area contributed by atoms with Crippen molar-refractivity contribution in [3.05, 3.63) is 12.1 Å². The normalized spacial score (nSPS) is 25.3. The molecule has 2 bridgehead atoms. The molecular formula is C18H25NO4. The first-order chi connectivity index (χ1) is 11.1. The molecule has 126 valence electrons. The molecule has 2 aliphatic rings. The molecule has 5 heteroatoms. The van der Waals surface area contributed by atoms with E-state index in [2.05, 4.69) is 5.32 Å². The van der Waals surface area contributed by atoms with Gasteiger partial charge in [-0.1, -0.05) is 6.42 Å². The van der Waals surface area contributed by atoms with Gasteiger partial charge in [-0.2, -0.15) is 0 Å². The summed E-state index contributed by atoms with van der Waals surface area (Å²) >= 11 is 0. The highest BCUT2D eigenvalue weighted by Gasteiger charge is 2.40. The van der Waals surface area contributed by atoms with E-state index < -0.39 is 0 Å². The maximum atomic E-state index is 12.4. The third kappa shape index (κ3) is 3.23. The number of anilines is 1. The Balaban J connectivity index is 1.68. The van der Waals surface area contributed by atoms with Gasteiger partial charge < -0.3 is 19.5 Å². The van der Waals surface area contributed by atoms with Crippen molar-refractivity contribution in [3.8, 4) is 17.2 Å². The van der Waals surface area contributed by atoms with Gasteiger partial charge in [0.05, 0.1) is 21.3 Å². The van der Waals surface area contributed by atoms with Crippen LogP contribution >= 0.6 is 0 Å². The number of hydrogen-bond acceptors (Lipinski definition) is 4. The van der Waals surface area contributed by atoms with Crippen molar-refractivity contribution in [1.29, 1.82) is 0 Å². The fourth-order valence-electron chi connectivity index (χ4n) is 4.23. The van der Waals surface area contributed by atoms with Gasteiger partial charge in [0.1, 0.15) is 0 Å². The molecule has 1 amide bonds. The minimum absolute atomic E-state index is 0.0665. The van der Waals surface area contributed by atoms with Crippen molar-refractivity contribution in [1.82, 2.24) is 0 Å². The van der Waals surface area contributed by atoms with Gasteiger partial charge in [0.2, 0.25) is 11.7 Å². The van der Waals surface area contributed by atoms with E-state index in [0.29, 0.717) is 35.3 Å². The Kier molecular flexibility index (Phi) is 4.64. The first kappa shape index (κ1) is 16.0. The van der Waals surface area contributed by atoms with Crippen LogP contribution in [0.5, 0.6) is 17.2 Å². The summed E-state index contributed by atoms with van der Waals surface area (Å²) in [6, 6.07) is 3.53. The Bertz CT molecular complexity index is 561. The van der Waals surface area contributed by atoms with Crippen molar-refractivity contribution in [2.24, 2.45) is 17.8 Å². The molecule has 0 unspecified atom stereocenters. The number of benzene rings is 1. The van der Waals surface area contributed by atoms with Crippen LogP contribution in [0.2, 0.25) is 0 Å². The molecular weight excluding hydrogens is 294 g/mol. The minimum atomic E-state index is 0.0665. The van der Waals surface area contributed by atoms with E-state index in [0.717, 1.165) is 11.8 Å². The van der Waals surface area contributed by atoms with Gasteiger partial charge in [0.25, 0.3) is 0 Å². The highest BCUT2D eigenvalue weighted by molar-refractivity contribution is 5.91. The van der Waals surface area contributed by atoms with Crippen LogP contribution in [0.15, 0.2) is 12.1 Å². The second kappa shape index (κ2) is 6.69. The van der Waals surface area contributed by atoms with Gasteiger partial charge in [-0.3, -0.25) is 4.79 Å². The Morgan fingerprint density at radius 3 is 2.26 bits per heavy atom. The summed E-state index contributed by atoms with van der Waals surface area (Å²) in [5.74, 6) is 3.85. The van der Waals surface area contributed by atoms with Crippen molar-refractivity contribution >= 4 is 11.6 Å². The van der Waals surface area contributed by atoms with Crippen LogP contribution in [-0.4, -0.2) is 27.2 Å². The third-order valence-electron chi connectivity index (χ3n) is 5.28. The van der Waals surface area contributed by atoms with Crippen LogP contribution in [0, 0.1) is 17.8 Å². The summed E-state index contributed by atoms with van der Waals surface area (Å²) in [4.78, 5) is 12.4. The molecule has 3 rings (SSSR count). The number of fused-ring (bicyclic) bond motifs is 2. The molecule has 2 fully saturated rings. The van der Waals surface area contributed by atoms with E-state index in [9.17, 15) is 4.79 Å². The van der Waals surface area contributed by atoms with Crippen LogP contribution in [0.1, 0.15) is 32.1 Å². The lowest BCUT2D eigenvalue weighted by Gasteiger charge is -2.21. The van der Waals surface area contributed by atoms with E-state index >= 15 is 0 Å². The van der Waals surface area contributed by atoms with Crippen LogP contribution < -0.4 is 19.5 Å². The first-order valence-electron chi connectivity index (χ1n) is 8.24. The van der Waals surface area contributed by atoms with E-state index in [1.165, 1.54) is 25.7 Å². The molecule has 0 saturated heterocycles. The number of rotatable bonds is 6. The molecule has 1 aromatic rings. The highest BCUT2D eigenvalue weighted by atomic mass is 16.5. The van der Waals surface area contributed by atoms with Gasteiger partial charge >= 0.3 is 0 Å². The molecule has 2 saturated carbocycles. The second-order valence-corrected chi connectivity index (χ2v) is 6.60. The second-order valence-electron chi connectivity index (χ2n) is 6.60. The maximum Gasteiger partial charge on any atom is 0.224 e. The molecule has 3 atom stereocenters. The van der Waals surface area contributed by atoms with Crippen LogP contribution in [-0.2, 0) is 4.79 Å². The summed E-state index contributed by atoms with van der Waals surface area (Å²) < 4.78 is 15.9. The standard InChI is InChI=1S/C18H25NO4/c1-21-15-9-14(10-16(22-2)18(15)23-3)19-17(20)8-13-7-11-4-5-12(13)6-11/h9-13H,4-8H2,1-3H3,(H,19,20)/t11-,12-,13+/m0/s1. The number of carbonyl (C=O) groups is 1. The Hall–Kier alpha value is -1.91. The first-order valence-corrected chi connectivity index (χ1v) is 8.24. The average molecular weight is 319 g/mol. The Morgan fingerprint density at radius 1 is 1.09 bits per heavy atom. The minimum Gasteiger partial charge on any atom is -0.493 e. The van der Waals surface area contributed by atoms with E-state index in [4.69, 9.17) is 14.2 Å². The van der Waals surface area contributed by atoms with Crippen LogP contribution in [0.25, 0.3) is 0 Å². The van der Waals surface area contributed by atoms with Gasteiger partial charge in [-0.25, -0.2) is 0 Å². The summed E-state index contributed by atoms with van der Waals surface area (Å²) in [6.45, 7) is 0. The fraction of sp³-hybridized carbons (Fsp3) is 0.611. The van der Waals surface area contributed by atoms with E-state index in [-0.39, 0.29) is 5.91 Å². The van der Waals surface area contributed by atoms with Crippen LogP contribution in [0.4, 0.5) is 5.69 Å². The average Bonchev–Trinajstić information content (AvgIpc) is 3.16. The topological polar surface area (TPSA) is 56.8 Å². The van der Waals surface area contributed by atoms with Crippen LogP contribution in [0.3, 0.4) is 0 Å². The maximum absolute atomic E-state index is 12.4. The van der Waals surface area contributed by atoms with Gasteiger partial charge in [0, 0.05) is 24.2 Å². The third-order valence-corrected chi connectivity index (χ3v) is 5.28. The number of amides is 1. The predicted octanol–water partition coefficient (Wildman–Crippen LogP) is 3.48. The molecule has 2 aliphatic carbocycles. The molecule has 0 spiro atoms. The Morgan fingerprint density at radius 2 is 1.78 bits per heavy atom. The van der Waals surface area contributed by atoms with Crippen molar-refractivity contribution in [3.63, 3.8) is 0 Å². The molecule has 0 aromatic heterocycles. The zero-order valence-electron chi connectivity index (χ0n) is 14.1. The largest absolute Gasteiger partial charge is 0.493 e. The summed E-state index contributed by atoms with van der Waals surface area (Å²) in [7, 11) is 4.70. The molecule has 0 radical (unpaired) electrons.